The maximum atomic E-state index is 11.9. The second kappa shape index (κ2) is 7.33. The molecule has 116 valence electrons. The van der Waals surface area contributed by atoms with E-state index in [1.54, 1.807) is 18.7 Å². The van der Waals surface area contributed by atoms with Gasteiger partial charge in [-0.15, -0.1) is 11.8 Å². The summed E-state index contributed by atoms with van der Waals surface area (Å²) in [6.07, 6.45) is 1.98. The fraction of sp³-hybridized carbons (Fsp3) is 0.235. The number of nitrogens with one attached hydrogen (secondary N) is 2. The second-order valence-electron chi connectivity index (χ2n) is 5.18. The van der Waals surface area contributed by atoms with E-state index in [4.69, 9.17) is 0 Å². The van der Waals surface area contributed by atoms with Crippen LogP contribution in [-0.2, 0) is 5.60 Å². The van der Waals surface area contributed by atoms with Crippen molar-refractivity contribution in [2.75, 3.05) is 18.1 Å². The summed E-state index contributed by atoms with van der Waals surface area (Å²) < 4.78 is 0. The molecule has 0 heterocycles. The largest absolute Gasteiger partial charge is 0.384 e. The number of carbonyl (C=O) groups is 1. The molecule has 2 aromatic rings. The Morgan fingerprint density at radius 1 is 1.18 bits per heavy atom. The smallest absolute Gasteiger partial charge is 0.319 e. The van der Waals surface area contributed by atoms with Crippen molar-refractivity contribution < 1.29 is 9.90 Å². The van der Waals surface area contributed by atoms with Crippen molar-refractivity contribution in [3.8, 4) is 0 Å². The van der Waals surface area contributed by atoms with Gasteiger partial charge >= 0.3 is 6.03 Å². The van der Waals surface area contributed by atoms with E-state index in [0.29, 0.717) is 0 Å². The molecule has 0 fully saturated rings. The number of amides is 2. The number of anilines is 1. The van der Waals surface area contributed by atoms with Crippen LogP contribution in [0.3, 0.4) is 0 Å². The van der Waals surface area contributed by atoms with E-state index in [2.05, 4.69) is 10.6 Å². The van der Waals surface area contributed by atoms with E-state index in [1.807, 2.05) is 60.9 Å². The van der Waals surface area contributed by atoms with Gasteiger partial charge in [0.05, 0.1) is 6.54 Å². The quantitative estimate of drug-likeness (QED) is 0.741. The normalized spacial score (nSPS) is 13.2. The molecular formula is C17H20N2O2S. The first-order valence-corrected chi connectivity index (χ1v) is 8.20. The molecule has 0 radical (unpaired) electrons. The van der Waals surface area contributed by atoms with Gasteiger partial charge in [0.25, 0.3) is 0 Å². The second-order valence-corrected chi connectivity index (χ2v) is 6.06. The van der Waals surface area contributed by atoms with Crippen molar-refractivity contribution in [2.24, 2.45) is 0 Å². The number of aliphatic hydroxyl groups is 1. The fourth-order valence-electron chi connectivity index (χ4n) is 2.03. The molecule has 0 spiro atoms. The molecule has 2 rings (SSSR count). The van der Waals surface area contributed by atoms with Gasteiger partial charge in [-0.1, -0.05) is 36.4 Å². The van der Waals surface area contributed by atoms with E-state index in [1.165, 1.54) is 0 Å². The zero-order valence-electron chi connectivity index (χ0n) is 12.7. The molecule has 4 nitrogen and oxygen atoms in total. The number of carbonyl (C=O) groups excluding carboxylic acids is 1. The van der Waals surface area contributed by atoms with Gasteiger partial charge in [0, 0.05) is 10.6 Å². The lowest BCUT2D eigenvalue weighted by Crippen LogP contribution is -2.40. The summed E-state index contributed by atoms with van der Waals surface area (Å²) in [5, 5.41) is 15.9. The number of benzene rings is 2. The first-order valence-electron chi connectivity index (χ1n) is 6.98. The molecule has 2 amide bonds. The molecule has 0 saturated carbocycles. The monoisotopic (exact) mass is 316 g/mol. The standard InChI is InChI=1S/C17H20N2O2S/c1-17(21,13-7-4-3-5-8-13)12-18-16(20)19-14-9-6-10-15(11-14)22-2/h3-11,21H,12H2,1-2H3,(H2,18,19,20). The van der Waals surface area contributed by atoms with Gasteiger partial charge in [-0.2, -0.15) is 0 Å². The van der Waals surface area contributed by atoms with Crippen LogP contribution in [0, 0.1) is 0 Å². The molecule has 0 aliphatic carbocycles. The van der Waals surface area contributed by atoms with E-state index >= 15 is 0 Å². The van der Waals surface area contributed by atoms with Gasteiger partial charge in [0.1, 0.15) is 5.60 Å². The summed E-state index contributed by atoms with van der Waals surface area (Å²) in [4.78, 5) is 13.0. The third kappa shape index (κ3) is 4.51. The Morgan fingerprint density at radius 3 is 2.59 bits per heavy atom. The lowest BCUT2D eigenvalue weighted by molar-refractivity contribution is 0.0599. The lowest BCUT2D eigenvalue weighted by Gasteiger charge is -2.24. The summed E-state index contributed by atoms with van der Waals surface area (Å²) in [5.74, 6) is 0. The highest BCUT2D eigenvalue weighted by molar-refractivity contribution is 7.98. The zero-order chi connectivity index (χ0) is 16.0. The van der Waals surface area contributed by atoms with E-state index in [0.717, 1.165) is 16.1 Å². The van der Waals surface area contributed by atoms with Crippen LogP contribution in [0.15, 0.2) is 59.5 Å². The fourth-order valence-corrected chi connectivity index (χ4v) is 2.49. The van der Waals surface area contributed by atoms with Crippen LogP contribution in [0.4, 0.5) is 10.5 Å². The van der Waals surface area contributed by atoms with Crippen LogP contribution < -0.4 is 10.6 Å². The van der Waals surface area contributed by atoms with Gasteiger partial charge in [0.2, 0.25) is 0 Å². The lowest BCUT2D eigenvalue weighted by atomic mass is 9.96. The summed E-state index contributed by atoms with van der Waals surface area (Å²) >= 11 is 1.61. The Hall–Kier alpha value is -1.98. The number of thioether (sulfide) groups is 1. The molecule has 0 saturated heterocycles. The zero-order valence-corrected chi connectivity index (χ0v) is 13.5. The molecule has 1 unspecified atom stereocenters. The molecule has 1 atom stereocenters. The molecular weight excluding hydrogens is 296 g/mol. The Kier molecular flexibility index (Phi) is 5.46. The van der Waals surface area contributed by atoms with Gasteiger partial charge in [-0.05, 0) is 36.9 Å². The maximum absolute atomic E-state index is 11.9. The Morgan fingerprint density at radius 2 is 1.91 bits per heavy atom. The van der Waals surface area contributed by atoms with Crippen molar-refractivity contribution in [1.82, 2.24) is 5.32 Å². The van der Waals surface area contributed by atoms with Crippen LogP contribution in [0.5, 0.6) is 0 Å². The average molecular weight is 316 g/mol. The third-order valence-corrected chi connectivity index (χ3v) is 4.04. The van der Waals surface area contributed by atoms with Crippen LogP contribution in [0.2, 0.25) is 0 Å². The first kappa shape index (κ1) is 16.4. The molecule has 0 bridgehead atoms. The molecule has 5 heteroatoms. The van der Waals surface area contributed by atoms with Crippen LogP contribution >= 0.6 is 11.8 Å². The number of urea groups is 1. The number of rotatable bonds is 5. The molecule has 2 aromatic carbocycles. The van der Waals surface area contributed by atoms with Gasteiger partial charge in [0.15, 0.2) is 0 Å². The third-order valence-electron chi connectivity index (χ3n) is 3.32. The predicted octanol–water partition coefficient (Wildman–Crippen LogP) is 3.44. The molecule has 0 aliphatic heterocycles. The highest BCUT2D eigenvalue weighted by Gasteiger charge is 2.23. The SMILES string of the molecule is CSc1cccc(NC(=O)NCC(C)(O)c2ccccc2)c1. The topological polar surface area (TPSA) is 61.4 Å². The Balaban J connectivity index is 1.92. The summed E-state index contributed by atoms with van der Waals surface area (Å²) in [6.45, 7) is 1.81. The maximum Gasteiger partial charge on any atom is 0.319 e. The molecule has 22 heavy (non-hydrogen) atoms. The Labute approximate surface area is 134 Å². The first-order chi connectivity index (χ1) is 10.5. The minimum Gasteiger partial charge on any atom is -0.384 e. The summed E-state index contributed by atoms with van der Waals surface area (Å²) in [6, 6.07) is 16.5. The molecule has 3 N–H and O–H groups in total. The van der Waals surface area contributed by atoms with Crippen LogP contribution in [-0.4, -0.2) is 23.9 Å². The van der Waals surface area contributed by atoms with Gasteiger partial charge < -0.3 is 15.7 Å². The predicted molar refractivity (Wildman–Crippen MR) is 91.3 cm³/mol. The minimum absolute atomic E-state index is 0.130. The minimum atomic E-state index is -1.11. The molecule has 0 aromatic heterocycles. The average Bonchev–Trinajstić information content (AvgIpc) is 2.54. The molecule has 0 aliphatic rings. The number of hydrogen-bond donors (Lipinski definition) is 3. The van der Waals surface area contributed by atoms with Crippen molar-refractivity contribution in [2.45, 2.75) is 17.4 Å². The van der Waals surface area contributed by atoms with Crippen LogP contribution in [0.25, 0.3) is 0 Å². The van der Waals surface area contributed by atoms with E-state index in [9.17, 15) is 9.90 Å². The van der Waals surface area contributed by atoms with Crippen LogP contribution in [0.1, 0.15) is 12.5 Å². The van der Waals surface area contributed by atoms with Crippen molar-refractivity contribution >= 4 is 23.5 Å². The van der Waals surface area contributed by atoms with E-state index in [-0.39, 0.29) is 12.6 Å². The van der Waals surface area contributed by atoms with Gasteiger partial charge in [-0.25, -0.2) is 4.79 Å². The van der Waals surface area contributed by atoms with E-state index < -0.39 is 5.60 Å². The van der Waals surface area contributed by atoms with Crippen molar-refractivity contribution in [3.05, 3.63) is 60.2 Å². The van der Waals surface area contributed by atoms with Gasteiger partial charge in [-0.3, -0.25) is 0 Å². The van der Waals surface area contributed by atoms with Crippen molar-refractivity contribution in [1.29, 1.82) is 0 Å². The number of hydrogen-bond acceptors (Lipinski definition) is 3. The van der Waals surface area contributed by atoms with Crippen molar-refractivity contribution in [3.63, 3.8) is 0 Å². The summed E-state index contributed by atoms with van der Waals surface area (Å²) in [7, 11) is 0. The summed E-state index contributed by atoms with van der Waals surface area (Å²) in [5.41, 5.74) is 0.378. The highest BCUT2D eigenvalue weighted by Crippen LogP contribution is 2.20. The highest BCUT2D eigenvalue weighted by atomic mass is 32.2. The Bertz CT molecular complexity index is 630.